The van der Waals surface area contributed by atoms with Crippen LogP contribution in [0.1, 0.15) is 32.3 Å². The first-order valence-electron chi connectivity index (χ1n) is 8.69. The van der Waals surface area contributed by atoms with Crippen molar-refractivity contribution < 1.29 is 27.9 Å². The van der Waals surface area contributed by atoms with E-state index in [9.17, 15) is 23.2 Å². The summed E-state index contributed by atoms with van der Waals surface area (Å²) in [6.45, 7) is 0.0747. The number of urea groups is 1. The van der Waals surface area contributed by atoms with Crippen molar-refractivity contribution in [1.82, 2.24) is 15.5 Å². The van der Waals surface area contributed by atoms with E-state index in [1.54, 1.807) is 0 Å². The quantitative estimate of drug-likeness (QED) is 0.707. The van der Waals surface area contributed by atoms with Crippen LogP contribution in [0.3, 0.4) is 0 Å². The van der Waals surface area contributed by atoms with Crippen LogP contribution in [0, 0.1) is 5.92 Å². The van der Waals surface area contributed by atoms with Gasteiger partial charge in [-0.3, -0.25) is 14.5 Å². The zero-order valence-corrected chi connectivity index (χ0v) is 15.0. The summed E-state index contributed by atoms with van der Waals surface area (Å²) in [7, 11) is 0. The van der Waals surface area contributed by atoms with Crippen LogP contribution in [0.2, 0.25) is 0 Å². The van der Waals surface area contributed by atoms with Gasteiger partial charge in [-0.05, 0) is 50.3 Å². The van der Waals surface area contributed by atoms with E-state index in [1.807, 2.05) is 6.92 Å². The highest BCUT2D eigenvalue weighted by molar-refractivity contribution is 6.09. The van der Waals surface area contributed by atoms with E-state index >= 15 is 0 Å². The summed E-state index contributed by atoms with van der Waals surface area (Å²) >= 11 is 0. The molecule has 7 nitrogen and oxygen atoms in total. The molecular formula is C18H21F2N3O4. The highest BCUT2D eigenvalue weighted by Gasteiger charge is 2.49. The summed E-state index contributed by atoms with van der Waals surface area (Å²) in [5, 5.41) is 5.37. The summed E-state index contributed by atoms with van der Waals surface area (Å²) in [5.41, 5.74) is -0.986. The fourth-order valence-corrected chi connectivity index (χ4v) is 3.16. The Morgan fingerprint density at radius 1 is 1.33 bits per heavy atom. The van der Waals surface area contributed by atoms with Gasteiger partial charge in [0.1, 0.15) is 17.8 Å². The lowest BCUT2D eigenvalue weighted by atomic mass is 9.92. The molecule has 9 heteroatoms. The van der Waals surface area contributed by atoms with Crippen molar-refractivity contribution in [1.29, 1.82) is 0 Å². The van der Waals surface area contributed by atoms with Gasteiger partial charge in [0.05, 0.1) is 0 Å². The summed E-state index contributed by atoms with van der Waals surface area (Å²) in [5.74, 6) is -0.581. The topological polar surface area (TPSA) is 87.7 Å². The van der Waals surface area contributed by atoms with Gasteiger partial charge in [0.15, 0.2) is 0 Å². The van der Waals surface area contributed by atoms with Gasteiger partial charge in [-0.25, -0.2) is 4.79 Å². The second-order valence-corrected chi connectivity index (χ2v) is 7.04. The van der Waals surface area contributed by atoms with E-state index in [0.29, 0.717) is 11.5 Å². The van der Waals surface area contributed by atoms with Crippen molar-refractivity contribution in [2.24, 2.45) is 5.92 Å². The Morgan fingerprint density at radius 3 is 2.52 bits per heavy atom. The van der Waals surface area contributed by atoms with Crippen LogP contribution in [-0.2, 0) is 15.1 Å². The van der Waals surface area contributed by atoms with E-state index in [-0.39, 0.29) is 18.3 Å². The number of nitrogens with one attached hydrogen (secondary N) is 2. The predicted octanol–water partition coefficient (Wildman–Crippen LogP) is 1.97. The van der Waals surface area contributed by atoms with Crippen molar-refractivity contribution in [3.05, 3.63) is 29.8 Å². The van der Waals surface area contributed by atoms with E-state index in [0.717, 1.165) is 17.7 Å². The second kappa shape index (κ2) is 7.13. The molecule has 0 unspecified atom stereocenters. The lowest BCUT2D eigenvalue weighted by Gasteiger charge is -2.22. The third-order valence-electron chi connectivity index (χ3n) is 4.95. The number of alkyl halides is 2. The molecule has 0 bridgehead atoms. The maximum atomic E-state index is 12.8. The molecule has 1 aliphatic heterocycles. The minimum absolute atomic E-state index is 0.00651. The molecule has 1 aromatic carbocycles. The number of amides is 4. The summed E-state index contributed by atoms with van der Waals surface area (Å²) in [6.07, 6.45) is 2.13. The van der Waals surface area contributed by atoms with E-state index in [1.165, 1.54) is 31.2 Å². The normalized spacial score (nSPS) is 23.4. The zero-order chi connectivity index (χ0) is 19.8. The van der Waals surface area contributed by atoms with Gasteiger partial charge in [-0.2, -0.15) is 8.78 Å². The van der Waals surface area contributed by atoms with E-state index in [4.69, 9.17) is 0 Å². The minimum Gasteiger partial charge on any atom is -0.435 e. The minimum atomic E-state index is -2.95. The van der Waals surface area contributed by atoms with Crippen LogP contribution >= 0.6 is 0 Å². The molecule has 1 aromatic rings. The Morgan fingerprint density at radius 2 is 1.96 bits per heavy atom. The van der Waals surface area contributed by atoms with Crippen LogP contribution < -0.4 is 15.4 Å². The second-order valence-electron chi connectivity index (χ2n) is 7.04. The molecule has 2 N–H and O–H groups in total. The first-order valence-corrected chi connectivity index (χ1v) is 8.69. The average Bonchev–Trinajstić information content (AvgIpc) is 3.41. The molecule has 1 heterocycles. The smallest absolute Gasteiger partial charge is 0.387 e. The molecule has 0 aromatic heterocycles. The predicted molar refractivity (Wildman–Crippen MR) is 91.0 cm³/mol. The Hall–Kier alpha value is -2.71. The van der Waals surface area contributed by atoms with Crippen molar-refractivity contribution in [3.63, 3.8) is 0 Å². The third kappa shape index (κ3) is 4.01. The largest absolute Gasteiger partial charge is 0.435 e. The molecular weight excluding hydrogens is 360 g/mol. The molecule has 1 aliphatic carbocycles. The van der Waals surface area contributed by atoms with Crippen LogP contribution in [0.4, 0.5) is 13.6 Å². The molecule has 0 radical (unpaired) electrons. The summed E-state index contributed by atoms with van der Waals surface area (Å²) < 4.78 is 28.8. The van der Waals surface area contributed by atoms with Gasteiger partial charge in [0.25, 0.3) is 5.91 Å². The Bertz CT molecular complexity index is 751. The van der Waals surface area contributed by atoms with Gasteiger partial charge in [0, 0.05) is 6.04 Å². The lowest BCUT2D eigenvalue weighted by molar-refractivity contribution is -0.135. The Kier molecular flexibility index (Phi) is 5.03. The number of rotatable bonds is 7. The number of halogens is 2. The van der Waals surface area contributed by atoms with E-state index < -0.39 is 30.0 Å². The number of hydrogen-bond donors (Lipinski definition) is 2. The number of nitrogens with zero attached hydrogens (tertiary/aromatic N) is 1. The highest BCUT2D eigenvalue weighted by Crippen LogP contribution is 2.32. The number of ether oxygens (including phenoxy) is 1. The van der Waals surface area contributed by atoms with Crippen LogP contribution in [0.15, 0.2) is 24.3 Å². The molecule has 4 amide bonds. The molecule has 1 saturated heterocycles. The van der Waals surface area contributed by atoms with Crippen molar-refractivity contribution >= 4 is 17.8 Å². The third-order valence-corrected chi connectivity index (χ3v) is 4.95. The van der Waals surface area contributed by atoms with Crippen LogP contribution in [0.5, 0.6) is 5.75 Å². The number of carbonyl (C=O) groups excluding carboxylic acids is 3. The molecule has 2 atom stereocenters. The Labute approximate surface area is 155 Å². The molecule has 2 fully saturated rings. The molecule has 1 saturated carbocycles. The average molecular weight is 381 g/mol. The summed E-state index contributed by atoms with van der Waals surface area (Å²) in [4.78, 5) is 38.0. The van der Waals surface area contributed by atoms with Crippen LogP contribution in [-0.4, -0.2) is 41.9 Å². The standard InChI is InChI=1S/C18H21F2N3O4/c1-10(11-3-4-11)21-14(24)9-23-15(25)18(2,22-17(23)26)12-5-7-13(8-6-12)27-16(19)20/h5-8,10-11,16H,3-4,9H2,1-2H3,(H,21,24)(H,22,26)/t10-,18-/m0/s1. The number of imide groups is 1. The SMILES string of the molecule is C[C@H](NC(=O)CN1C(=O)N[C@@](C)(c2ccc(OC(F)F)cc2)C1=O)C1CC1. The van der Waals surface area contributed by atoms with Gasteiger partial charge in [0.2, 0.25) is 5.91 Å². The van der Waals surface area contributed by atoms with Crippen LogP contribution in [0.25, 0.3) is 0 Å². The number of benzene rings is 1. The highest BCUT2D eigenvalue weighted by atomic mass is 19.3. The van der Waals surface area contributed by atoms with Gasteiger partial charge >= 0.3 is 12.6 Å². The number of carbonyl (C=O) groups is 3. The lowest BCUT2D eigenvalue weighted by Crippen LogP contribution is -2.45. The monoisotopic (exact) mass is 381 g/mol. The molecule has 146 valence electrons. The molecule has 2 aliphatic rings. The first kappa shape index (κ1) is 19.1. The number of hydrogen-bond acceptors (Lipinski definition) is 4. The zero-order valence-electron chi connectivity index (χ0n) is 15.0. The van der Waals surface area contributed by atoms with Crippen molar-refractivity contribution in [3.8, 4) is 5.75 Å². The van der Waals surface area contributed by atoms with Gasteiger partial charge in [-0.1, -0.05) is 12.1 Å². The molecule has 3 rings (SSSR count). The summed E-state index contributed by atoms with van der Waals surface area (Å²) in [6, 6.07) is 4.76. The van der Waals surface area contributed by atoms with Crippen molar-refractivity contribution in [2.75, 3.05) is 6.54 Å². The maximum Gasteiger partial charge on any atom is 0.387 e. The molecule has 27 heavy (non-hydrogen) atoms. The van der Waals surface area contributed by atoms with Gasteiger partial charge in [-0.15, -0.1) is 0 Å². The molecule has 0 spiro atoms. The van der Waals surface area contributed by atoms with E-state index in [2.05, 4.69) is 15.4 Å². The fraction of sp³-hybridized carbons (Fsp3) is 0.500. The Balaban J connectivity index is 1.69. The fourth-order valence-electron chi connectivity index (χ4n) is 3.16. The van der Waals surface area contributed by atoms with Gasteiger partial charge < -0.3 is 15.4 Å². The maximum absolute atomic E-state index is 12.8. The first-order chi connectivity index (χ1) is 12.7. The van der Waals surface area contributed by atoms with Crippen molar-refractivity contribution in [2.45, 2.75) is 44.9 Å².